The minimum absolute atomic E-state index is 0.0441. The zero-order valence-corrected chi connectivity index (χ0v) is 22.3. The summed E-state index contributed by atoms with van der Waals surface area (Å²) in [6.45, 7) is 0.191. The number of carbonyl (C=O) groups excluding carboxylic acids is 1. The van der Waals surface area contributed by atoms with Crippen molar-refractivity contribution in [2.75, 3.05) is 17.2 Å². The summed E-state index contributed by atoms with van der Waals surface area (Å²) in [6.07, 6.45) is -1.38. The lowest BCUT2D eigenvalue weighted by atomic mass is 10.1. The van der Waals surface area contributed by atoms with Gasteiger partial charge in [-0.05, 0) is 52.9 Å². The molecule has 2 aromatic carbocycles. The van der Waals surface area contributed by atoms with Crippen LogP contribution in [0.1, 0.15) is 6.92 Å². The molecule has 0 aliphatic rings. The number of fused-ring (bicyclic) bond motifs is 1. The molecule has 0 aliphatic heterocycles. The minimum atomic E-state index is -1.38. The largest absolute Gasteiger partial charge is 0.394 e. The maximum atomic E-state index is 15.4. The van der Waals surface area contributed by atoms with Crippen LogP contribution in [0.4, 0.5) is 25.8 Å². The third-order valence-corrected chi connectivity index (χ3v) is 6.34. The average Bonchev–Trinajstić information content (AvgIpc) is 2.87. The summed E-state index contributed by atoms with van der Waals surface area (Å²) in [5.41, 5.74) is -2.01. The molecule has 10 nitrogen and oxygen atoms in total. The van der Waals surface area contributed by atoms with Gasteiger partial charge in [0.25, 0.3) is 11.1 Å². The molecular weight excluding hydrogens is 615 g/mol. The molecule has 0 aliphatic carbocycles. The molecule has 4 N–H and O–H groups in total. The van der Waals surface area contributed by atoms with E-state index in [0.717, 1.165) is 9.25 Å². The van der Waals surface area contributed by atoms with Crippen molar-refractivity contribution in [2.45, 2.75) is 19.6 Å². The van der Waals surface area contributed by atoms with Gasteiger partial charge in [0.1, 0.15) is 11.5 Å². The monoisotopic (exact) mass is 637 g/mol. The number of aromatic nitrogens is 3. The van der Waals surface area contributed by atoms with Crippen LogP contribution in [0.15, 0.2) is 52.1 Å². The standard InChI is InChI=1S/C25H22F2IN5O5/c1-12(35)29-15-5-3-4-13(8-15)21-23-19(24(37)33(31-21)10-16(36)11-34)22(20(27)25(38)32(23)2)30-18-7-6-14(28)9-17(18)26/h3-9,16,30,34,36H,10-11H2,1-2H3,(H,29,35). The van der Waals surface area contributed by atoms with E-state index in [2.05, 4.69) is 15.7 Å². The van der Waals surface area contributed by atoms with Crippen LogP contribution in [0, 0.1) is 15.2 Å². The van der Waals surface area contributed by atoms with Crippen molar-refractivity contribution < 1.29 is 23.8 Å². The predicted octanol–water partition coefficient (Wildman–Crippen LogP) is 2.70. The molecule has 4 aromatic rings. The molecule has 13 heteroatoms. The van der Waals surface area contributed by atoms with Gasteiger partial charge in [-0.3, -0.25) is 14.4 Å². The fourth-order valence-corrected chi connectivity index (χ4v) is 4.40. The van der Waals surface area contributed by atoms with Crippen LogP contribution >= 0.6 is 22.6 Å². The minimum Gasteiger partial charge on any atom is -0.394 e. The molecule has 198 valence electrons. The molecule has 2 aromatic heterocycles. The number of hydrogen-bond acceptors (Lipinski definition) is 7. The van der Waals surface area contributed by atoms with Gasteiger partial charge in [0.15, 0.2) is 0 Å². The number of amides is 1. The SMILES string of the molecule is CC(=O)Nc1cccc(-c2nn(CC(O)CO)c(=O)c3c(Nc4ccc(I)cc4F)c(F)c(=O)n(C)c23)c1. The van der Waals surface area contributed by atoms with Gasteiger partial charge in [-0.2, -0.15) is 9.49 Å². The quantitative estimate of drug-likeness (QED) is 0.229. The Kier molecular flexibility index (Phi) is 7.89. The van der Waals surface area contributed by atoms with Crippen molar-refractivity contribution in [3.63, 3.8) is 0 Å². The fraction of sp³-hybridized carbons (Fsp3) is 0.200. The summed E-state index contributed by atoms with van der Waals surface area (Å²) in [6, 6.07) is 10.5. The number of pyridine rings is 1. The van der Waals surface area contributed by atoms with E-state index in [0.29, 0.717) is 14.8 Å². The number of aliphatic hydroxyl groups is 2. The van der Waals surface area contributed by atoms with Gasteiger partial charge in [0, 0.05) is 28.8 Å². The molecule has 0 bridgehead atoms. The number of nitrogens with zero attached hydrogens (tertiary/aromatic N) is 3. The molecule has 1 amide bonds. The number of aryl methyl sites for hydroxylation is 1. The maximum Gasteiger partial charge on any atom is 0.289 e. The van der Waals surface area contributed by atoms with E-state index in [4.69, 9.17) is 0 Å². The summed E-state index contributed by atoms with van der Waals surface area (Å²) >= 11 is 1.90. The lowest BCUT2D eigenvalue weighted by Crippen LogP contribution is -2.34. The smallest absolute Gasteiger partial charge is 0.289 e. The van der Waals surface area contributed by atoms with Crippen molar-refractivity contribution in [3.05, 3.63) is 78.4 Å². The van der Waals surface area contributed by atoms with Gasteiger partial charge in [-0.1, -0.05) is 12.1 Å². The molecule has 0 spiro atoms. The Morgan fingerprint density at radius 1 is 1.16 bits per heavy atom. The Hall–Kier alpha value is -3.69. The number of anilines is 3. The maximum absolute atomic E-state index is 15.4. The van der Waals surface area contributed by atoms with Gasteiger partial charge in [-0.25, -0.2) is 9.07 Å². The topological polar surface area (TPSA) is 138 Å². The number of hydrogen-bond donors (Lipinski definition) is 4. The first kappa shape index (κ1) is 27.3. The number of aliphatic hydroxyl groups excluding tert-OH is 2. The van der Waals surface area contributed by atoms with Crippen LogP contribution in [0.3, 0.4) is 0 Å². The van der Waals surface area contributed by atoms with E-state index in [1.807, 2.05) is 22.6 Å². The lowest BCUT2D eigenvalue weighted by Gasteiger charge is -2.19. The number of nitrogens with one attached hydrogen (secondary N) is 2. The van der Waals surface area contributed by atoms with Crippen molar-refractivity contribution in [3.8, 4) is 11.3 Å². The Morgan fingerprint density at radius 2 is 1.89 bits per heavy atom. The second-order valence-corrected chi connectivity index (χ2v) is 9.71. The third kappa shape index (κ3) is 5.30. The number of benzene rings is 2. The Labute approximate surface area is 227 Å². The van der Waals surface area contributed by atoms with Crippen LogP contribution in [0.25, 0.3) is 22.2 Å². The number of carbonyl (C=O) groups is 1. The van der Waals surface area contributed by atoms with Gasteiger partial charge < -0.3 is 25.4 Å². The lowest BCUT2D eigenvalue weighted by molar-refractivity contribution is -0.114. The first-order valence-electron chi connectivity index (χ1n) is 11.2. The van der Waals surface area contributed by atoms with Gasteiger partial charge in [0.05, 0.1) is 41.5 Å². The summed E-state index contributed by atoms with van der Waals surface area (Å²) in [5.74, 6) is -2.40. The molecule has 1 atom stereocenters. The van der Waals surface area contributed by atoms with Crippen LogP contribution in [-0.2, 0) is 18.4 Å². The van der Waals surface area contributed by atoms with E-state index in [9.17, 15) is 29.0 Å². The second-order valence-electron chi connectivity index (χ2n) is 8.46. The zero-order valence-electron chi connectivity index (χ0n) is 20.1. The highest BCUT2D eigenvalue weighted by Crippen LogP contribution is 2.32. The molecule has 0 radical (unpaired) electrons. The summed E-state index contributed by atoms with van der Waals surface area (Å²) < 4.78 is 32.4. The Morgan fingerprint density at radius 3 is 2.55 bits per heavy atom. The predicted molar refractivity (Wildman–Crippen MR) is 146 cm³/mol. The van der Waals surface area contributed by atoms with Crippen LogP contribution in [-0.4, -0.2) is 43.2 Å². The highest BCUT2D eigenvalue weighted by Gasteiger charge is 2.25. The highest BCUT2D eigenvalue weighted by molar-refractivity contribution is 14.1. The van der Waals surface area contributed by atoms with E-state index in [1.54, 1.807) is 30.3 Å². The Bertz CT molecular complexity index is 1690. The molecule has 1 unspecified atom stereocenters. The van der Waals surface area contributed by atoms with Crippen LogP contribution in [0.2, 0.25) is 0 Å². The first-order valence-corrected chi connectivity index (χ1v) is 12.3. The molecule has 0 fully saturated rings. The van der Waals surface area contributed by atoms with Crippen molar-refractivity contribution in [2.24, 2.45) is 7.05 Å². The number of halogens is 3. The molecule has 2 heterocycles. The van der Waals surface area contributed by atoms with E-state index in [1.165, 1.54) is 26.1 Å². The summed E-state index contributed by atoms with van der Waals surface area (Å²) in [5, 5.41) is 28.6. The number of rotatable bonds is 7. The second kappa shape index (κ2) is 11.0. The third-order valence-electron chi connectivity index (χ3n) is 5.67. The molecular formula is C25H22F2IN5O5. The molecule has 38 heavy (non-hydrogen) atoms. The summed E-state index contributed by atoms with van der Waals surface area (Å²) in [7, 11) is 1.26. The Balaban J connectivity index is 2.10. The van der Waals surface area contributed by atoms with Crippen LogP contribution < -0.4 is 21.8 Å². The highest BCUT2D eigenvalue weighted by atomic mass is 127. The molecule has 0 saturated heterocycles. The fourth-order valence-electron chi connectivity index (χ4n) is 3.95. The van der Waals surface area contributed by atoms with Gasteiger partial charge >= 0.3 is 0 Å². The summed E-state index contributed by atoms with van der Waals surface area (Å²) in [4.78, 5) is 38.1. The van der Waals surface area contributed by atoms with Crippen molar-refractivity contribution in [1.29, 1.82) is 0 Å². The van der Waals surface area contributed by atoms with E-state index < -0.39 is 47.7 Å². The van der Waals surface area contributed by atoms with E-state index >= 15 is 4.39 Å². The molecule has 4 rings (SSSR count). The van der Waals surface area contributed by atoms with Crippen LogP contribution in [0.5, 0.6) is 0 Å². The average molecular weight is 637 g/mol. The normalized spacial score (nSPS) is 12.0. The van der Waals surface area contributed by atoms with Crippen molar-refractivity contribution >= 4 is 56.5 Å². The van der Waals surface area contributed by atoms with Crippen molar-refractivity contribution in [1.82, 2.24) is 14.3 Å². The first-order chi connectivity index (χ1) is 18.0. The van der Waals surface area contributed by atoms with Gasteiger partial charge in [-0.15, -0.1) is 0 Å². The zero-order chi connectivity index (χ0) is 27.7. The van der Waals surface area contributed by atoms with E-state index in [-0.39, 0.29) is 28.2 Å². The van der Waals surface area contributed by atoms with Gasteiger partial charge in [0.2, 0.25) is 11.7 Å². The molecule has 0 saturated carbocycles.